The highest BCUT2D eigenvalue weighted by Crippen LogP contribution is 2.28. The number of carbonyl (C=O) groups excluding carboxylic acids is 1. The first-order chi connectivity index (χ1) is 16.5. The number of H-pyrrole nitrogens is 1. The average Bonchev–Trinajstić information content (AvgIpc) is 2.86. The lowest BCUT2D eigenvalue weighted by Gasteiger charge is -2.40. The molecule has 0 radical (unpaired) electrons. The lowest BCUT2D eigenvalue weighted by molar-refractivity contribution is -0.375. The Labute approximate surface area is 194 Å². The maximum atomic E-state index is 14.7. The van der Waals surface area contributed by atoms with Crippen molar-refractivity contribution in [1.82, 2.24) is 19.8 Å². The molecule has 1 unspecified atom stereocenters. The van der Waals surface area contributed by atoms with E-state index in [2.05, 4.69) is 25.5 Å². The number of hydrogen-bond acceptors (Lipinski definition) is 6. The second-order valence-corrected chi connectivity index (χ2v) is 9.21. The molecule has 1 fully saturated rings. The zero-order valence-corrected chi connectivity index (χ0v) is 18.6. The third kappa shape index (κ3) is 3.82. The second-order valence-electron chi connectivity index (χ2n) is 9.21. The molecule has 1 saturated heterocycles. The molecule has 6 rings (SSSR count). The minimum atomic E-state index is -0.266. The molecule has 176 valence electrons. The summed E-state index contributed by atoms with van der Waals surface area (Å²) >= 11 is 0. The fourth-order valence-corrected chi connectivity index (χ4v) is 5.32. The van der Waals surface area contributed by atoms with Crippen molar-refractivity contribution >= 4 is 22.8 Å². The molecule has 34 heavy (non-hydrogen) atoms. The van der Waals surface area contributed by atoms with Crippen molar-refractivity contribution in [3.63, 3.8) is 0 Å². The number of hydrogen-bond donors (Lipinski definition) is 2. The Bertz CT molecular complexity index is 1330. The molecule has 0 saturated carbocycles. The summed E-state index contributed by atoms with van der Waals surface area (Å²) in [5.41, 5.74) is 2.69. The van der Waals surface area contributed by atoms with Crippen LogP contribution in [0.4, 0.5) is 10.2 Å². The second kappa shape index (κ2) is 8.44. The Morgan fingerprint density at radius 3 is 2.91 bits per heavy atom. The molecule has 3 aromatic rings. The molecule has 1 atom stereocenters. The molecule has 5 heterocycles. The summed E-state index contributed by atoms with van der Waals surface area (Å²) < 4.78 is 21.7. The minimum absolute atomic E-state index is 0.0386. The summed E-state index contributed by atoms with van der Waals surface area (Å²) in [5, 5.41) is 6.39. The van der Waals surface area contributed by atoms with Gasteiger partial charge in [0.2, 0.25) is 5.75 Å². The van der Waals surface area contributed by atoms with Crippen molar-refractivity contribution in [2.75, 3.05) is 25.0 Å². The Kier molecular flexibility index (Phi) is 5.26. The highest BCUT2D eigenvalue weighted by Gasteiger charge is 2.31. The lowest BCUT2D eigenvalue weighted by Crippen LogP contribution is -2.50. The Balaban J connectivity index is 1.09. The number of pyridine rings is 1. The minimum Gasteiger partial charge on any atom is -0.473 e. The summed E-state index contributed by atoms with van der Waals surface area (Å²) in [6.45, 7) is 3.02. The zero-order chi connectivity index (χ0) is 23.2. The van der Waals surface area contributed by atoms with Crippen LogP contribution in [0.25, 0.3) is 11.0 Å². The standard InChI is InChI=1S/C24H25FN6O3/c25-18-2-3-19-23-17(18)9-16(12-31(23)22(33)11-27-19)30-7-5-14(6-8-30)26-10-15-1-4-20-24(28-15)29-21(32)13-34-20/h1-4,11,14,16,26H,5-10,12-13H2,(H,28,29,32)/p+1. The van der Waals surface area contributed by atoms with E-state index in [1.54, 1.807) is 10.6 Å². The normalized spacial score (nSPS) is 20.6. The Morgan fingerprint density at radius 1 is 1.21 bits per heavy atom. The van der Waals surface area contributed by atoms with E-state index >= 15 is 0 Å². The largest absolute Gasteiger partial charge is 0.473 e. The van der Waals surface area contributed by atoms with Gasteiger partial charge in [0.15, 0.2) is 6.61 Å². The van der Waals surface area contributed by atoms with Gasteiger partial charge in [0.25, 0.3) is 5.56 Å². The van der Waals surface area contributed by atoms with Gasteiger partial charge in [-0.05, 0) is 56.6 Å². The molecule has 10 heteroatoms. The average molecular weight is 466 g/mol. The maximum Gasteiger partial charge on any atom is 0.345 e. The molecule has 0 bridgehead atoms. The van der Waals surface area contributed by atoms with E-state index < -0.39 is 0 Å². The van der Waals surface area contributed by atoms with E-state index in [0.29, 0.717) is 53.7 Å². The van der Waals surface area contributed by atoms with E-state index in [0.717, 1.165) is 31.6 Å². The first-order valence-corrected chi connectivity index (χ1v) is 11.7. The fourth-order valence-electron chi connectivity index (χ4n) is 5.32. The van der Waals surface area contributed by atoms with Gasteiger partial charge in [-0.1, -0.05) is 0 Å². The van der Waals surface area contributed by atoms with E-state index in [-0.39, 0.29) is 29.9 Å². The molecule has 3 aliphatic heterocycles. The molecule has 0 spiro atoms. The monoisotopic (exact) mass is 465 g/mol. The van der Waals surface area contributed by atoms with Crippen molar-refractivity contribution < 1.29 is 18.9 Å². The van der Waals surface area contributed by atoms with Gasteiger partial charge in [0.1, 0.15) is 11.5 Å². The van der Waals surface area contributed by atoms with Crippen molar-refractivity contribution in [2.45, 2.75) is 44.4 Å². The van der Waals surface area contributed by atoms with Crippen molar-refractivity contribution in [1.29, 1.82) is 0 Å². The zero-order valence-electron chi connectivity index (χ0n) is 18.6. The number of amides is 1. The van der Waals surface area contributed by atoms with Crippen LogP contribution in [0, 0.1) is 5.82 Å². The fraction of sp³-hybridized carbons (Fsp3) is 0.417. The van der Waals surface area contributed by atoms with Gasteiger partial charge in [0.05, 0.1) is 23.8 Å². The molecular formula is C24H26FN6O3+. The predicted molar refractivity (Wildman–Crippen MR) is 122 cm³/mol. The summed E-state index contributed by atoms with van der Waals surface area (Å²) in [6.07, 6.45) is 3.85. The van der Waals surface area contributed by atoms with Gasteiger partial charge in [-0.2, -0.15) is 0 Å². The number of benzene rings is 1. The first kappa shape index (κ1) is 21.2. The van der Waals surface area contributed by atoms with Crippen molar-refractivity contribution in [3.05, 3.63) is 57.9 Å². The van der Waals surface area contributed by atoms with Crippen LogP contribution < -0.4 is 25.9 Å². The topological polar surface area (TPSA) is 103 Å². The molecule has 9 nitrogen and oxygen atoms in total. The number of rotatable bonds is 4. The SMILES string of the molecule is O=C1COc2ccc(CNC3CCN(C4Cc5c(F)ccc6ncc(=O)n(c56)C4)CC3)[nH+]c2N1. The number of ether oxygens (including phenoxy) is 1. The number of nitrogens with one attached hydrogen (secondary N) is 3. The quantitative estimate of drug-likeness (QED) is 0.593. The lowest BCUT2D eigenvalue weighted by atomic mass is 9.95. The van der Waals surface area contributed by atoms with Crippen LogP contribution in [-0.4, -0.2) is 52.1 Å². The van der Waals surface area contributed by atoms with Gasteiger partial charge in [-0.15, -0.1) is 0 Å². The molecular weight excluding hydrogens is 439 g/mol. The molecule has 0 aliphatic carbocycles. The van der Waals surface area contributed by atoms with Crippen molar-refractivity contribution in [3.8, 4) is 5.75 Å². The summed E-state index contributed by atoms with van der Waals surface area (Å²) in [7, 11) is 0. The summed E-state index contributed by atoms with van der Waals surface area (Å²) in [6, 6.07) is 7.36. The third-order valence-electron chi connectivity index (χ3n) is 7.11. The Morgan fingerprint density at radius 2 is 2.06 bits per heavy atom. The molecule has 1 amide bonds. The highest BCUT2D eigenvalue weighted by molar-refractivity contribution is 5.93. The smallest absolute Gasteiger partial charge is 0.345 e. The van der Waals surface area contributed by atoms with Crippen LogP contribution >= 0.6 is 0 Å². The molecule has 3 N–H and O–H groups in total. The van der Waals surface area contributed by atoms with E-state index in [1.165, 1.54) is 12.3 Å². The summed E-state index contributed by atoms with van der Waals surface area (Å²) in [4.78, 5) is 33.8. The number of carbonyl (C=O) groups is 1. The number of aromatic nitrogens is 3. The Hall–Kier alpha value is -3.37. The van der Waals surface area contributed by atoms with Gasteiger partial charge >= 0.3 is 11.7 Å². The van der Waals surface area contributed by atoms with E-state index in [1.807, 2.05) is 12.1 Å². The van der Waals surface area contributed by atoms with Crippen LogP contribution in [0.3, 0.4) is 0 Å². The van der Waals surface area contributed by atoms with Gasteiger partial charge in [0, 0.05) is 24.2 Å². The van der Waals surface area contributed by atoms with E-state index in [4.69, 9.17) is 4.74 Å². The van der Waals surface area contributed by atoms with Gasteiger partial charge in [-0.3, -0.25) is 9.69 Å². The number of piperidine rings is 1. The van der Waals surface area contributed by atoms with Crippen LogP contribution in [-0.2, 0) is 24.3 Å². The first-order valence-electron chi connectivity index (χ1n) is 11.7. The number of nitrogens with zero attached hydrogens (tertiary/aromatic N) is 3. The number of anilines is 1. The summed E-state index contributed by atoms with van der Waals surface area (Å²) in [5.74, 6) is 0.808. The van der Waals surface area contributed by atoms with Gasteiger partial charge < -0.3 is 14.6 Å². The number of likely N-dealkylation sites (tertiary alicyclic amines) is 1. The number of fused-ring (bicyclic) bond motifs is 1. The molecule has 3 aliphatic rings. The molecule has 2 aromatic heterocycles. The van der Waals surface area contributed by atoms with Gasteiger partial charge in [-0.25, -0.2) is 24.5 Å². The van der Waals surface area contributed by atoms with Crippen LogP contribution in [0.2, 0.25) is 0 Å². The van der Waals surface area contributed by atoms with Crippen LogP contribution in [0.1, 0.15) is 24.1 Å². The number of halogens is 1. The van der Waals surface area contributed by atoms with Crippen LogP contribution in [0.5, 0.6) is 5.75 Å². The van der Waals surface area contributed by atoms with Crippen LogP contribution in [0.15, 0.2) is 35.3 Å². The highest BCUT2D eigenvalue weighted by atomic mass is 19.1. The third-order valence-corrected chi connectivity index (χ3v) is 7.11. The predicted octanol–water partition coefficient (Wildman–Crippen LogP) is 0.859. The number of aromatic amines is 1. The van der Waals surface area contributed by atoms with Crippen molar-refractivity contribution in [2.24, 2.45) is 0 Å². The van der Waals surface area contributed by atoms with E-state index in [9.17, 15) is 14.0 Å². The molecule has 1 aromatic carbocycles. The maximum absolute atomic E-state index is 14.7.